The van der Waals surface area contributed by atoms with Gasteiger partial charge >= 0.3 is 16.3 Å². The quantitative estimate of drug-likeness (QED) is 0.422. The van der Waals surface area contributed by atoms with Crippen LogP contribution in [-0.4, -0.2) is 73.2 Å². The Morgan fingerprint density at radius 1 is 1.03 bits per heavy atom. The highest BCUT2D eigenvalue weighted by Crippen LogP contribution is 2.30. The number of carbonyl (C=O) groups is 3. The lowest BCUT2D eigenvalue weighted by Crippen LogP contribution is -2.50. The lowest BCUT2D eigenvalue weighted by molar-refractivity contribution is -0.131. The van der Waals surface area contributed by atoms with Crippen LogP contribution in [0.4, 0.5) is 4.79 Å². The van der Waals surface area contributed by atoms with Gasteiger partial charge in [0.2, 0.25) is 10.0 Å². The van der Waals surface area contributed by atoms with Gasteiger partial charge in [0, 0.05) is 6.54 Å². The van der Waals surface area contributed by atoms with Gasteiger partial charge in [0.15, 0.2) is 0 Å². The predicted molar refractivity (Wildman–Crippen MR) is 142 cm³/mol. The van der Waals surface area contributed by atoms with Crippen molar-refractivity contribution in [2.75, 3.05) is 19.5 Å². The number of nitrogens with zero attached hydrogens (tertiary/aromatic N) is 3. The molecule has 3 amide bonds. The summed E-state index contributed by atoms with van der Waals surface area (Å²) < 4.78 is 58.6. The third-order valence-corrected chi connectivity index (χ3v) is 8.81. The molecule has 2 aromatic rings. The molecule has 0 aromatic heterocycles. The fourth-order valence-corrected chi connectivity index (χ4v) is 6.46. The van der Waals surface area contributed by atoms with E-state index in [1.165, 1.54) is 0 Å². The Morgan fingerprint density at radius 2 is 1.59 bits per heavy atom. The Morgan fingerprint density at radius 3 is 2.13 bits per heavy atom. The van der Waals surface area contributed by atoms with Crippen molar-refractivity contribution >= 4 is 38.1 Å². The Bertz CT molecular complexity index is 1380. The number of amides is 3. The normalized spacial score (nSPS) is 17.3. The molecule has 1 aliphatic heterocycles. The van der Waals surface area contributed by atoms with Crippen molar-refractivity contribution in [1.82, 2.24) is 18.2 Å². The number of benzene rings is 2. The highest BCUT2D eigenvalue weighted by atomic mass is 32.2. The topological polar surface area (TPSA) is 150 Å². The molecule has 1 unspecified atom stereocenters. The van der Waals surface area contributed by atoms with E-state index in [1.807, 2.05) is 13.8 Å². The van der Waals surface area contributed by atoms with E-state index < -0.39 is 57.4 Å². The molecule has 0 saturated carbocycles. The summed E-state index contributed by atoms with van der Waals surface area (Å²) in [6.07, 6.45) is -0.0705. The van der Waals surface area contributed by atoms with E-state index >= 15 is 0 Å². The molecular weight excluding hydrogens is 548 g/mol. The average molecular weight is 581 g/mol. The Hall–Kier alpha value is -3.49. The summed E-state index contributed by atoms with van der Waals surface area (Å²) in [6.45, 7) is 1.62. The second kappa shape index (κ2) is 12.6. The molecule has 2 aromatic carbocycles. The summed E-state index contributed by atoms with van der Waals surface area (Å²) in [5.41, 5.74) is 1.34. The van der Waals surface area contributed by atoms with Crippen molar-refractivity contribution in [3.05, 3.63) is 71.8 Å². The van der Waals surface area contributed by atoms with Crippen LogP contribution < -0.4 is 5.32 Å². The van der Waals surface area contributed by atoms with E-state index in [0.29, 0.717) is 21.7 Å². The summed E-state index contributed by atoms with van der Waals surface area (Å²) in [5, 5.41) is 2.16. The molecule has 0 aliphatic carbocycles. The smallest absolute Gasteiger partial charge is 0.407 e. The largest absolute Gasteiger partial charge is 0.445 e. The van der Waals surface area contributed by atoms with Crippen LogP contribution in [0.1, 0.15) is 31.4 Å². The van der Waals surface area contributed by atoms with Gasteiger partial charge in [-0.1, -0.05) is 74.5 Å². The highest BCUT2D eigenvalue weighted by molar-refractivity contribution is 7.89. The first-order chi connectivity index (χ1) is 18.3. The molecular formula is C25H32N4O8S2. The van der Waals surface area contributed by atoms with Crippen molar-refractivity contribution in [2.24, 2.45) is 5.92 Å². The van der Waals surface area contributed by atoms with E-state index in [2.05, 4.69) is 5.32 Å². The van der Waals surface area contributed by atoms with Crippen LogP contribution >= 0.6 is 0 Å². The molecule has 1 heterocycles. The van der Waals surface area contributed by atoms with Gasteiger partial charge in [0.25, 0.3) is 11.8 Å². The molecule has 0 bridgehead atoms. The van der Waals surface area contributed by atoms with Crippen molar-refractivity contribution in [1.29, 1.82) is 0 Å². The molecule has 1 aliphatic rings. The zero-order chi connectivity index (χ0) is 28.8. The van der Waals surface area contributed by atoms with E-state index in [9.17, 15) is 31.2 Å². The summed E-state index contributed by atoms with van der Waals surface area (Å²) in [6, 6.07) is 16.3. The van der Waals surface area contributed by atoms with E-state index in [0.717, 1.165) is 4.31 Å². The van der Waals surface area contributed by atoms with Crippen LogP contribution in [0.25, 0.3) is 0 Å². The second-order valence-corrected chi connectivity index (χ2v) is 13.1. The Kier molecular flexibility index (Phi) is 9.69. The van der Waals surface area contributed by atoms with Crippen molar-refractivity contribution in [3.63, 3.8) is 0 Å². The Balaban J connectivity index is 1.76. The van der Waals surface area contributed by atoms with Crippen molar-refractivity contribution in [3.8, 4) is 0 Å². The van der Waals surface area contributed by atoms with Crippen LogP contribution in [-0.2, 0) is 47.7 Å². The zero-order valence-electron chi connectivity index (χ0n) is 21.9. The minimum absolute atomic E-state index is 0.0499. The number of nitrogens with one attached hydrogen (secondary N) is 1. The van der Waals surface area contributed by atoms with Gasteiger partial charge in [-0.25, -0.2) is 21.8 Å². The van der Waals surface area contributed by atoms with Gasteiger partial charge in [-0.2, -0.15) is 12.7 Å². The SMILES string of the molecule is CC(C)CC1C(=O)N(CN(C(=O)CNC(=O)OCc2ccccc2)S(C)(=O)=O)S(=O)(=O)N1Cc1ccccc1. The van der Waals surface area contributed by atoms with E-state index in [4.69, 9.17) is 4.74 Å². The minimum atomic E-state index is -4.48. The first kappa shape index (κ1) is 30.1. The number of hydrogen-bond acceptors (Lipinski definition) is 8. The number of carbonyl (C=O) groups excluding carboxylic acids is 3. The van der Waals surface area contributed by atoms with Gasteiger partial charge in [0.1, 0.15) is 25.9 Å². The molecule has 39 heavy (non-hydrogen) atoms. The lowest BCUT2D eigenvalue weighted by atomic mass is 10.0. The number of sulfonamides is 1. The second-order valence-electron chi connectivity index (χ2n) is 9.43. The molecule has 12 nitrogen and oxygen atoms in total. The van der Waals surface area contributed by atoms with Crippen LogP contribution in [0.5, 0.6) is 0 Å². The molecule has 0 radical (unpaired) electrons. The molecule has 1 N–H and O–H groups in total. The molecule has 1 saturated heterocycles. The van der Waals surface area contributed by atoms with E-state index in [-0.39, 0.29) is 29.8 Å². The molecule has 1 atom stereocenters. The van der Waals surface area contributed by atoms with Crippen molar-refractivity contribution < 1.29 is 36.0 Å². The number of hydrogen-bond donors (Lipinski definition) is 1. The van der Waals surface area contributed by atoms with Crippen molar-refractivity contribution in [2.45, 2.75) is 39.5 Å². The average Bonchev–Trinajstić information content (AvgIpc) is 3.04. The van der Waals surface area contributed by atoms with Crippen LogP contribution in [0.3, 0.4) is 0 Å². The van der Waals surface area contributed by atoms with Crippen LogP contribution in [0, 0.1) is 5.92 Å². The van der Waals surface area contributed by atoms with Gasteiger partial charge < -0.3 is 10.1 Å². The fourth-order valence-electron chi connectivity index (χ4n) is 3.95. The van der Waals surface area contributed by atoms with Crippen LogP contribution in [0.2, 0.25) is 0 Å². The van der Waals surface area contributed by atoms with Gasteiger partial charge in [0.05, 0.1) is 6.26 Å². The highest BCUT2D eigenvalue weighted by Gasteiger charge is 2.51. The maximum absolute atomic E-state index is 13.5. The number of rotatable bonds is 11. The van der Waals surface area contributed by atoms with Gasteiger partial charge in [-0.15, -0.1) is 0 Å². The van der Waals surface area contributed by atoms with E-state index in [1.54, 1.807) is 60.7 Å². The van der Waals surface area contributed by atoms with Gasteiger partial charge in [-0.3, -0.25) is 9.59 Å². The fraction of sp³-hybridized carbons (Fsp3) is 0.400. The Labute approximate surface area is 228 Å². The summed E-state index contributed by atoms with van der Waals surface area (Å²) in [4.78, 5) is 38.2. The standard InChI is InChI=1S/C25H32N4O8S2/c1-19(2)14-22-24(31)29(39(35,36)27(22)16-20-10-6-4-7-11-20)18-28(38(3,33)34)23(30)15-26-25(32)37-17-21-12-8-5-9-13-21/h4-13,19,22H,14-18H2,1-3H3,(H,26,32). The molecule has 212 valence electrons. The maximum atomic E-state index is 13.5. The first-order valence-electron chi connectivity index (χ1n) is 12.1. The number of ether oxygens (including phenoxy) is 1. The van der Waals surface area contributed by atoms with Gasteiger partial charge in [-0.05, 0) is 23.5 Å². The minimum Gasteiger partial charge on any atom is -0.445 e. The third-order valence-electron chi connectivity index (χ3n) is 5.86. The third kappa shape index (κ3) is 7.77. The summed E-state index contributed by atoms with van der Waals surface area (Å²) >= 11 is 0. The molecule has 14 heteroatoms. The zero-order valence-corrected chi connectivity index (χ0v) is 23.5. The molecule has 3 rings (SSSR count). The maximum Gasteiger partial charge on any atom is 0.407 e. The summed E-state index contributed by atoms with van der Waals surface area (Å²) in [7, 11) is -8.81. The molecule has 1 fully saturated rings. The lowest BCUT2D eigenvalue weighted by Gasteiger charge is -2.26. The monoisotopic (exact) mass is 580 g/mol. The predicted octanol–water partition coefficient (Wildman–Crippen LogP) is 1.66. The first-order valence-corrected chi connectivity index (χ1v) is 15.4. The molecule has 0 spiro atoms. The number of alkyl carbamates (subject to hydrolysis) is 1. The van der Waals surface area contributed by atoms with Crippen LogP contribution in [0.15, 0.2) is 60.7 Å². The summed E-state index contributed by atoms with van der Waals surface area (Å²) in [5.74, 6) is -2.03.